The molecule has 2 saturated carbocycles. The summed E-state index contributed by atoms with van der Waals surface area (Å²) in [5.41, 5.74) is 5.61. The van der Waals surface area contributed by atoms with Crippen molar-refractivity contribution >= 4 is 6.09 Å². The van der Waals surface area contributed by atoms with Gasteiger partial charge in [0, 0.05) is 16.6 Å². The molecule has 2 bridgehead atoms. The molecule has 92 valence electrons. The van der Waals surface area contributed by atoms with Crippen LogP contribution < -0.4 is 5.73 Å². The van der Waals surface area contributed by atoms with Gasteiger partial charge < -0.3 is 10.8 Å². The standard InChI is InChI=1S/C12H22N2O2/c1-10(2,3)14(9(15)16)12-6-4-11(13,8-12)5-7-12/h4-8,13H2,1-3H3,(H,15,16). The van der Waals surface area contributed by atoms with Crippen molar-refractivity contribution in [3.8, 4) is 0 Å². The van der Waals surface area contributed by atoms with Crippen LogP contribution >= 0.6 is 0 Å². The molecule has 4 heteroatoms. The average molecular weight is 226 g/mol. The molecule has 2 aliphatic rings. The number of fused-ring (bicyclic) bond motifs is 2. The first-order chi connectivity index (χ1) is 7.19. The lowest BCUT2D eigenvalue weighted by Crippen LogP contribution is -2.57. The molecule has 0 radical (unpaired) electrons. The molecule has 16 heavy (non-hydrogen) atoms. The van der Waals surface area contributed by atoms with Gasteiger partial charge in [0.15, 0.2) is 0 Å². The number of hydrogen-bond acceptors (Lipinski definition) is 2. The summed E-state index contributed by atoms with van der Waals surface area (Å²) in [6.45, 7) is 5.89. The van der Waals surface area contributed by atoms with E-state index in [1.807, 2.05) is 20.8 Å². The molecule has 0 aromatic heterocycles. The summed E-state index contributed by atoms with van der Waals surface area (Å²) in [6.07, 6.45) is 3.81. The van der Waals surface area contributed by atoms with Crippen molar-refractivity contribution < 1.29 is 9.90 Å². The summed E-state index contributed by atoms with van der Waals surface area (Å²) in [5, 5.41) is 9.45. The Morgan fingerprint density at radius 3 is 2.00 bits per heavy atom. The maximum Gasteiger partial charge on any atom is 0.408 e. The predicted molar refractivity (Wildman–Crippen MR) is 62.4 cm³/mol. The van der Waals surface area contributed by atoms with Gasteiger partial charge in [-0.2, -0.15) is 0 Å². The molecule has 3 N–H and O–H groups in total. The van der Waals surface area contributed by atoms with Gasteiger partial charge in [0.2, 0.25) is 0 Å². The van der Waals surface area contributed by atoms with Crippen LogP contribution in [0.3, 0.4) is 0 Å². The highest BCUT2D eigenvalue weighted by atomic mass is 16.4. The largest absolute Gasteiger partial charge is 0.465 e. The molecule has 0 aromatic rings. The molecule has 0 unspecified atom stereocenters. The molecule has 0 aliphatic heterocycles. The number of nitrogens with two attached hydrogens (primary N) is 1. The van der Waals surface area contributed by atoms with Crippen molar-refractivity contribution in [3.05, 3.63) is 0 Å². The van der Waals surface area contributed by atoms with Crippen molar-refractivity contribution in [1.29, 1.82) is 0 Å². The topological polar surface area (TPSA) is 66.6 Å². The third-order valence-electron chi connectivity index (χ3n) is 4.19. The Labute approximate surface area is 96.8 Å². The maximum atomic E-state index is 11.5. The van der Waals surface area contributed by atoms with E-state index >= 15 is 0 Å². The van der Waals surface area contributed by atoms with Gasteiger partial charge >= 0.3 is 6.09 Å². The monoisotopic (exact) mass is 226 g/mol. The molecule has 0 aromatic carbocycles. The number of rotatable bonds is 1. The van der Waals surface area contributed by atoms with E-state index in [9.17, 15) is 9.90 Å². The van der Waals surface area contributed by atoms with Gasteiger partial charge in [-0.3, -0.25) is 4.90 Å². The van der Waals surface area contributed by atoms with Crippen LogP contribution in [-0.2, 0) is 0 Å². The van der Waals surface area contributed by atoms with Gasteiger partial charge in [0.1, 0.15) is 0 Å². The van der Waals surface area contributed by atoms with Crippen molar-refractivity contribution in [1.82, 2.24) is 4.90 Å². The zero-order valence-corrected chi connectivity index (χ0v) is 10.4. The summed E-state index contributed by atoms with van der Waals surface area (Å²) in [6, 6.07) is 0. The molecular formula is C12H22N2O2. The fraction of sp³-hybridized carbons (Fsp3) is 0.917. The lowest BCUT2D eigenvalue weighted by Gasteiger charge is -2.46. The Balaban J connectivity index is 2.32. The zero-order chi connectivity index (χ0) is 12.2. The molecule has 2 rings (SSSR count). The molecule has 0 spiro atoms. The lowest BCUT2D eigenvalue weighted by atomic mass is 9.87. The van der Waals surface area contributed by atoms with Gasteiger partial charge in [-0.25, -0.2) is 4.79 Å². The van der Waals surface area contributed by atoms with Crippen LogP contribution in [0.5, 0.6) is 0 Å². The maximum absolute atomic E-state index is 11.5. The summed E-state index contributed by atoms with van der Waals surface area (Å²) < 4.78 is 0. The first-order valence-corrected chi connectivity index (χ1v) is 6.01. The minimum absolute atomic E-state index is 0.0983. The Morgan fingerprint density at radius 2 is 1.75 bits per heavy atom. The third-order valence-corrected chi connectivity index (χ3v) is 4.19. The highest BCUT2D eigenvalue weighted by molar-refractivity contribution is 5.67. The Bertz CT molecular complexity index is 311. The second-order valence-corrected chi connectivity index (χ2v) is 6.55. The molecule has 2 aliphatic carbocycles. The fourth-order valence-corrected chi connectivity index (χ4v) is 3.73. The molecule has 0 atom stereocenters. The van der Waals surface area contributed by atoms with Crippen LogP contribution in [0.25, 0.3) is 0 Å². The Hall–Kier alpha value is -0.770. The van der Waals surface area contributed by atoms with E-state index < -0.39 is 6.09 Å². The van der Waals surface area contributed by atoms with Crippen LogP contribution in [0, 0.1) is 0 Å². The van der Waals surface area contributed by atoms with Crippen LogP contribution in [0.4, 0.5) is 4.79 Å². The quantitative estimate of drug-likeness (QED) is 0.720. The minimum Gasteiger partial charge on any atom is -0.465 e. The van der Waals surface area contributed by atoms with Gasteiger partial charge in [0.25, 0.3) is 0 Å². The van der Waals surface area contributed by atoms with Crippen LogP contribution in [0.1, 0.15) is 52.9 Å². The first-order valence-electron chi connectivity index (χ1n) is 6.01. The number of nitrogens with zero attached hydrogens (tertiary/aromatic N) is 1. The minimum atomic E-state index is -0.807. The summed E-state index contributed by atoms with van der Waals surface area (Å²) in [4.78, 5) is 13.2. The van der Waals surface area contributed by atoms with Crippen LogP contribution in [0.15, 0.2) is 0 Å². The molecule has 0 heterocycles. The number of hydrogen-bond donors (Lipinski definition) is 2. The van der Waals surface area contributed by atoms with Crippen molar-refractivity contribution in [2.45, 2.75) is 69.5 Å². The van der Waals surface area contributed by atoms with E-state index in [-0.39, 0.29) is 16.6 Å². The number of amides is 1. The van der Waals surface area contributed by atoms with Crippen LogP contribution in [-0.4, -0.2) is 32.7 Å². The molecule has 0 saturated heterocycles. The van der Waals surface area contributed by atoms with Crippen molar-refractivity contribution in [3.63, 3.8) is 0 Å². The number of carboxylic acid groups (broad SMARTS) is 1. The van der Waals surface area contributed by atoms with Gasteiger partial charge in [-0.15, -0.1) is 0 Å². The average Bonchev–Trinajstić information content (AvgIpc) is 2.54. The highest BCUT2D eigenvalue weighted by Crippen LogP contribution is 2.53. The van der Waals surface area contributed by atoms with Gasteiger partial charge in [0.05, 0.1) is 0 Å². The van der Waals surface area contributed by atoms with Crippen molar-refractivity contribution in [2.24, 2.45) is 5.73 Å². The Morgan fingerprint density at radius 1 is 1.25 bits per heavy atom. The second kappa shape index (κ2) is 3.13. The third kappa shape index (κ3) is 1.59. The van der Waals surface area contributed by atoms with Crippen molar-refractivity contribution in [2.75, 3.05) is 0 Å². The van der Waals surface area contributed by atoms with Crippen LogP contribution in [0.2, 0.25) is 0 Å². The predicted octanol–water partition coefficient (Wildman–Crippen LogP) is 2.18. The second-order valence-electron chi connectivity index (χ2n) is 6.55. The van der Waals surface area contributed by atoms with E-state index in [0.29, 0.717) is 0 Å². The van der Waals surface area contributed by atoms with E-state index in [4.69, 9.17) is 5.73 Å². The SMILES string of the molecule is CC(C)(C)N(C(=O)O)C12CCC(N)(CC1)C2. The fourth-order valence-electron chi connectivity index (χ4n) is 3.73. The first kappa shape index (κ1) is 11.7. The Kier molecular flexibility index (Phi) is 2.29. The summed E-state index contributed by atoms with van der Waals surface area (Å²) in [7, 11) is 0. The number of carbonyl (C=O) groups is 1. The zero-order valence-electron chi connectivity index (χ0n) is 10.4. The van der Waals surface area contributed by atoms with E-state index in [2.05, 4.69) is 0 Å². The molecular weight excluding hydrogens is 204 g/mol. The van der Waals surface area contributed by atoms with Gasteiger partial charge in [-0.05, 0) is 52.9 Å². The molecule has 1 amide bonds. The van der Waals surface area contributed by atoms with E-state index in [0.717, 1.165) is 32.1 Å². The molecule has 2 fully saturated rings. The lowest BCUT2D eigenvalue weighted by molar-refractivity contribution is 0.0200. The smallest absolute Gasteiger partial charge is 0.408 e. The normalized spacial score (nSPS) is 37.8. The summed E-state index contributed by atoms with van der Waals surface area (Å²) >= 11 is 0. The van der Waals surface area contributed by atoms with Gasteiger partial charge in [-0.1, -0.05) is 0 Å². The van der Waals surface area contributed by atoms with E-state index in [1.54, 1.807) is 4.90 Å². The highest BCUT2D eigenvalue weighted by Gasteiger charge is 2.58. The molecule has 4 nitrogen and oxygen atoms in total. The van der Waals surface area contributed by atoms with E-state index in [1.165, 1.54) is 0 Å². The summed E-state index contributed by atoms with van der Waals surface area (Å²) in [5.74, 6) is 0.